The van der Waals surface area contributed by atoms with E-state index in [2.05, 4.69) is 17.1 Å². The van der Waals surface area contributed by atoms with E-state index >= 15 is 0 Å². The molecule has 2 N–H and O–H groups in total. The Labute approximate surface area is 91.4 Å². The summed E-state index contributed by atoms with van der Waals surface area (Å²) < 4.78 is 5.12. The van der Waals surface area contributed by atoms with Crippen LogP contribution in [0.4, 0.5) is 0 Å². The zero-order valence-electron chi connectivity index (χ0n) is 10.1. The highest BCUT2D eigenvalue weighted by molar-refractivity contribution is 5.20. The SMILES string of the molecule is Cc1noc(C)c1CCN(C)C[C@H](C)N. The molecule has 0 saturated carbocycles. The van der Waals surface area contributed by atoms with Crippen molar-refractivity contribution in [3.05, 3.63) is 17.0 Å². The van der Waals surface area contributed by atoms with Gasteiger partial charge in [0.1, 0.15) is 5.76 Å². The molecule has 0 unspecified atom stereocenters. The number of nitrogens with zero attached hydrogens (tertiary/aromatic N) is 2. The van der Waals surface area contributed by atoms with Crippen LogP contribution in [0.3, 0.4) is 0 Å². The van der Waals surface area contributed by atoms with Crippen LogP contribution in [-0.4, -0.2) is 36.2 Å². The lowest BCUT2D eigenvalue weighted by molar-refractivity contribution is 0.320. The molecule has 0 saturated heterocycles. The van der Waals surface area contributed by atoms with Crippen LogP contribution in [0.2, 0.25) is 0 Å². The molecule has 4 nitrogen and oxygen atoms in total. The lowest BCUT2D eigenvalue weighted by Crippen LogP contribution is -2.34. The first-order valence-electron chi connectivity index (χ1n) is 5.36. The van der Waals surface area contributed by atoms with Gasteiger partial charge in [-0.05, 0) is 34.2 Å². The number of nitrogens with two attached hydrogens (primary N) is 1. The minimum absolute atomic E-state index is 0.222. The zero-order chi connectivity index (χ0) is 11.4. The lowest BCUT2D eigenvalue weighted by Gasteiger charge is -2.18. The molecule has 0 amide bonds. The number of hydrogen-bond donors (Lipinski definition) is 1. The van der Waals surface area contributed by atoms with Gasteiger partial charge in [-0.25, -0.2) is 0 Å². The molecule has 0 aromatic carbocycles. The first-order chi connectivity index (χ1) is 7.00. The van der Waals surface area contributed by atoms with Crippen LogP contribution in [0.25, 0.3) is 0 Å². The van der Waals surface area contributed by atoms with Gasteiger partial charge in [-0.2, -0.15) is 0 Å². The average Bonchev–Trinajstić information content (AvgIpc) is 2.42. The summed E-state index contributed by atoms with van der Waals surface area (Å²) >= 11 is 0. The normalized spacial score (nSPS) is 13.5. The maximum absolute atomic E-state index is 5.73. The molecule has 1 atom stereocenters. The Balaban J connectivity index is 2.43. The summed E-state index contributed by atoms with van der Waals surface area (Å²) in [5, 5.41) is 3.94. The second kappa shape index (κ2) is 5.28. The molecule has 1 rings (SSSR count). The van der Waals surface area contributed by atoms with Gasteiger partial charge >= 0.3 is 0 Å². The second-order valence-electron chi connectivity index (χ2n) is 4.29. The number of aromatic nitrogens is 1. The minimum Gasteiger partial charge on any atom is -0.361 e. The molecule has 1 heterocycles. The predicted octanol–water partition coefficient (Wildman–Crippen LogP) is 1.11. The molecule has 0 fully saturated rings. The van der Waals surface area contributed by atoms with Crippen molar-refractivity contribution in [3.8, 4) is 0 Å². The van der Waals surface area contributed by atoms with E-state index in [1.165, 1.54) is 5.56 Å². The number of hydrogen-bond acceptors (Lipinski definition) is 4. The fraction of sp³-hybridized carbons (Fsp3) is 0.727. The Hall–Kier alpha value is -0.870. The van der Waals surface area contributed by atoms with Gasteiger partial charge in [0, 0.05) is 24.7 Å². The van der Waals surface area contributed by atoms with E-state index in [4.69, 9.17) is 10.3 Å². The highest BCUT2D eigenvalue weighted by Crippen LogP contribution is 2.12. The van der Waals surface area contributed by atoms with Crippen LogP contribution in [0, 0.1) is 13.8 Å². The largest absolute Gasteiger partial charge is 0.361 e. The molecule has 15 heavy (non-hydrogen) atoms. The van der Waals surface area contributed by atoms with E-state index in [0.717, 1.165) is 31.0 Å². The van der Waals surface area contributed by atoms with E-state index < -0.39 is 0 Å². The Morgan fingerprint density at radius 1 is 1.47 bits per heavy atom. The Morgan fingerprint density at radius 3 is 2.60 bits per heavy atom. The number of aryl methyl sites for hydroxylation is 2. The molecule has 0 spiro atoms. The summed E-state index contributed by atoms with van der Waals surface area (Å²) in [6.07, 6.45) is 0.977. The smallest absolute Gasteiger partial charge is 0.137 e. The number of likely N-dealkylation sites (N-methyl/N-ethyl adjacent to an activating group) is 1. The third-order valence-electron chi connectivity index (χ3n) is 2.52. The summed E-state index contributed by atoms with van der Waals surface area (Å²) in [5.41, 5.74) is 7.96. The molecule has 0 radical (unpaired) electrons. The molecule has 1 aromatic rings. The van der Waals surface area contributed by atoms with Gasteiger partial charge in [0.2, 0.25) is 0 Å². The van der Waals surface area contributed by atoms with Crippen molar-refractivity contribution in [1.82, 2.24) is 10.1 Å². The van der Waals surface area contributed by atoms with Gasteiger partial charge in [0.25, 0.3) is 0 Å². The molecule has 0 aliphatic carbocycles. The van der Waals surface area contributed by atoms with Crippen LogP contribution in [0.15, 0.2) is 4.52 Å². The van der Waals surface area contributed by atoms with E-state index in [0.29, 0.717) is 0 Å². The van der Waals surface area contributed by atoms with Crippen molar-refractivity contribution in [1.29, 1.82) is 0 Å². The highest BCUT2D eigenvalue weighted by atomic mass is 16.5. The summed E-state index contributed by atoms with van der Waals surface area (Å²) in [5.74, 6) is 0.932. The fourth-order valence-electron chi connectivity index (χ4n) is 1.74. The van der Waals surface area contributed by atoms with Crippen LogP contribution in [0.5, 0.6) is 0 Å². The summed E-state index contributed by atoms with van der Waals surface area (Å²) in [7, 11) is 2.08. The Kier molecular flexibility index (Phi) is 4.29. The van der Waals surface area contributed by atoms with Crippen molar-refractivity contribution in [2.24, 2.45) is 5.73 Å². The van der Waals surface area contributed by atoms with E-state index in [9.17, 15) is 0 Å². The van der Waals surface area contributed by atoms with E-state index in [1.54, 1.807) is 0 Å². The maximum Gasteiger partial charge on any atom is 0.137 e. The number of rotatable bonds is 5. The summed E-state index contributed by atoms with van der Waals surface area (Å²) in [6, 6.07) is 0.222. The molecular formula is C11H21N3O. The van der Waals surface area contributed by atoms with Gasteiger partial charge in [-0.3, -0.25) is 0 Å². The molecule has 0 aliphatic heterocycles. The van der Waals surface area contributed by atoms with Gasteiger partial charge in [-0.1, -0.05) is 5.16 Å². The van der Waals surface area contributed by atoms with Gasteiger partial charge < -0.3 is 15.2 Å². The zero-order valence-corrected chi connectivity index (χ0v) is 10.1. The monoisotopic (exact) mass is 211 g/mol. The predicted molar refractivity (Wildman–Crippen MR) is 60.8 cm³/mol. The van der Waals surface area contributed by atoms with Crippen LogP contribution >= 0.6 is 0 Å². The van der Waals surface area contributed by atoms with Crippen LogP contribution in [0.1, 0.15) is 23.9 Å². The molecule has 86 valence electrons. The van der Waals surface area contributed by atoms with Crippen molar-refractivity contribution in [2.45, 2.75) is 33.2 Å². The molecule has 4 heteroatoms. The van der Waals surface area contributed by atoms with Crippen molar-refractivity contribution < 1.29 is 4.52 Å². The van der Waals surface area contributed by atoms with Crippen molar-refractivity contribution in [2.75, 3.05) is 20.1 Å². The van der Waals surface area contributed by atoms with Crippen LogP contribution in [-0.2, 0) is 6.42 Å². The van der Waals surface area contributed by atoms with Crippen molar-refractivity contribution >= 4 is 0 Å². The van der Waals surface area contributed by atoms with Gasteiger partial charge in [-0.15, -0.1) is 0 Å². The first kappa shape index (κ1) is 12.2. The Bertz CT molecular complexity index is 287. The van der Waals surface area contributed by atoms with Gasteiger partial charge in [0.05, 0.1) is 5.69 Å². The quantitative estimate of drug-likeness (QED) is 0.792. The standard InChI is InChI=1S/C11H21N3O/c1-8(12)7-14(4)6-5-11-9(2)13-15-10(11)3/h8H,5-7,12H2,1-4H3/t8-/m0/s1. The van der Waals surface area contributed by atoms with Crippen molar-refractivity contribution in [3.63, 3.8) is 0 Å². The molecule has 0 bridgehead atoms. The minimum atomic E-state index is 0.222. The third kappa shape index (κ3) is 3.64. The maximum atomic E-state index is 5.73. The molecule has 1 aromatic heterocycles. The first-order valence-corrected chi connectivity index (χ1v) is 5.36. The van der Waals surface area contributed by atoms with E-state index in [1.807, 2.05) is 20.8 Å². The third-order valence-corrected chi connectivity index (χ3v) is 2.52. The Morgan fingerprint density at radius 2 is 2.13 bits per heavy atom. The highest BCUT2D eigenvalue weighted by Gasteiger charge is 2.10. The average molecular weight is 211 g/mol. The summed E-state index contributed by atoms with van der Waals surface area (Å²) in [6.45, 7) is 7.87. The van der Waals surface area contributed by atoms with Gasteiger partial charge in [0.15, 0.2) is 0 Å². The topological polar surface area (TPSA) is 55.3 Å². The fourth-order valence-corrected chi connectivity index (χ4v) is 1.74. The molecular weight excluding hydrogens is 190 g/mol. The molecule has 0 aliphatic rings. The lowest BCUT2D eigenvalue weighted by atomic mass is 10.1. The second-order valence-corrected chi connectivity index (χ2v) is 4.29. The summed E-state index contributed by atoms with van der Waals surface area (Å²) in [4.78, 5) is 2.23. The van der Waals surface area contributed by atoms with Crippen LogP contribution < -0.4 is 5.73 Å². The van der Waals surface area contributed by atoms with E-state index in [-0.39, 0.29) is 6.04 Å².